The van der Waals surface area contributed by atoms with Gasteiger partial charge >= 0.3 is 0 Å². The molecule has 0 fully saturated rings. The largest absolute Gasteiger partial charge is 0.494 e. The number of nitriles is 1. The van der Waals surface area contributed by atoms with Gasteiger partial charge in [0.15, 0.2) is 0 Å². The molecule has 1 atom stereocenters. The maximum absolute atomic E-state index is 9.78. The van der Waals surface area contributed by atoms with Crippen LogP contribution in [0.3, 0.4) is 0 Å². The first kappa shape index (κ1) is 11.6. The van der Waals surface area contributed by atoms with E-state index in [0.29, 0.717) is 12.1 Å². The van der Waals surface area contributed by atoms with E-state index in [4.69, 9.17) is 5.26 Å². The Kier molecular flexibility index (Phi) is 3.75. The summed E-state index contributed by atoms with van der Waals surface area (Å²) in [6, 6.07) is 1.94. The topological polar surface area (TPSA) is 67.5 Å². The second-order valence-corrected chi connectivity index (χ2v) is 3.62. The zero-order valence-electron chi connectivity index (χ0n) is 9.06. The van der Waals surface area contributed by atoms with Crippen molar-refractivity contribution in [1.82, 2.24) is 4.90 Å². The van der Waals surface area contributed by atoms with Gasteiger partial charge in [-0.3, -0.25) is 0 Å². The zero-order valence-corrected chi connectivity index (χ0v) is 9.06. The Labute approximate surface area is 89.7 Å². The Hall–Kier alpha value is -1.47. The van der Waals surface area contributed by atoms with E-state index in [9.17, 15) is 10.2 Å². The number of allylic oxidation sites excluding steroid dienone is 2. The van der Waals surface area contributed by atoms with Gasteiger partial charge in [0.05, 0.1) is 0 Å². The van der Waals surface area contributed by atoms with Crippen molar-refractivity contribution in [1.29, 1.82) is 5.26 Å². The third kappa shape index (κ3) is 2.31. The molecular formula is C11H16N2O2. The number of nitrogens with zero attached hydrogens (tertiary/aromatic N) is 2. The molecular weight excluding hydrogens is 192 g/mol. The highest BCUT2D eigenvalue weighted by molar-refractivity contribution is 5.44. The van der Waals surface area contributed by atoms with Crippen molar-refractivity contribution in [3.05, 3.63) is 23.1 Å². The summed E-state index contributed by atoms with van der Waals surface area (Å²) in [5.41, 5.74) is 0.867. The molecule has 15 heavy (non-hydrogen) atoms. The predicted molar refractivity (Wildman–Crippen MR) is 56.6 cm³/mol. The normalized spacial score (nSPS) is 21.3. The van der Waals surface area contributed by atoms with Gasteiger partial charge in [-0.15, -0.1) is 0 Å². The van der Waals surface area contributed by atoms with E-state index >= 15 is 0 Å². The summed E-state index contributed by atoms with van der Waals surface area (Å²) in [6.45, 7) is 4.29. The van der Waals surface area contributed by atoms with Gasteiger partial charge in [-0.2, -0.15) is 5.26 Å². The summed E-state index contributed by atoms with van der Waals surface area (Å²) in [7, 11) is 0. The molecule has 0 spiro atoms. The smallest absolute Gasteiger partial charge is 0.207 e. The van der Waals surface area contributed by atoms with Crippen LogP contribution in [-0.2, 0) is 0 Å². The fourth-order valence-corrected chi connectivity index (χ4v) is 1.55. The Morgan fingerprint density at radius 1 is 1.60 bits per heavy atom. The van der Waals surface area contributed by atoms with Gasteiger partial charge in [-0.05, 0) is 25.0 Å². The Balaban J connectivity index is 2.91. The molecule has 0 aliphatic carbocycles. The average Bonchev–Trinajstić information content (AvgIpc) is 2.17. The second kappa shape index (κ2) is 4.85. The van der Waals surface area contributed by atoms with E-state index < -0.39 is 6.23 Å². The van der Waals surface area contributed by atoms with Gasteiger partial charge in [-0.25, -0.2) is 0 Å². The highest BCUT2D eigenvalue weighted by atomic mass is 16.3. The number of hydrogen-bond donors (Lipinski definition) is 2. The van der Waals surface area contributed by atoms with Crippen LogP contribution in [0.4, 0.5) is 0 Å². The second-order valence-electron chi connectivity index (χ2n) is 3.62. The molecule has 1 aliphatic heterocycles. The third-order valence-electron chi connectivity index (χ3n) is 2.47. The fraction of sp³-hybridized carbons (Fsp3) is 0.545. The minimum Gasteiger partial charge on any atom is -0.494 e. The highest BCUT2D eigenvalue weighted by Gasteiger charge is 2.25. The van der Waals surface area contributed by atoms with E-state index in [-0.39, 0.29) is 11.5 Å². The lowest BCUT2D eigenvalue weighted by atomic mass is 10.0. The van der Waals surface area contributed by atoms with Crippen molar-refractivity contribution >= 4 is 0 Å². The molecule has 4 heteroatoms. The molecule has 0 radical (unpaired) electrons. The average molecular weight is 208 g/mol. The van der Waals surface area contributed by atoms with Crippen molar-refractivity contribution in [2.24, 2.45) is 0 Å². The summed E-state index contributed by atoms with van der Waals surface area (Å²) in [6.07, 6.45) is 2.59. The van der Waals surface area contributed by atoms with Crippen LogP contribution < -0.4 is 0 Å². The first-order valence-corrected chi connectivity index (χ1v) is 5.08. The molecule has 0 aromatic rings. The predicted octanol–water partition coefficient (Wildman–Crippen LogP) is 1.66. The fourth-order valence-electron chi connectivity index (χ4n) is 1.55. The number of aliphatic hydroxyl groups is 2. The lowest BCUT2D eigenvalue weighted by Crippen LogP contribution is -2.37. The van der Waals surface area contributed by atoms with Gasteiger partial charge in [0.1, 0.15) is 17.9 Å². The van der Waals surface area contributed by atoms with E-state index in [1.807, 2.05) is 13.0 Å². The number of hydrogen-bond acceptors (Lipinski definition) is 4. The third-order valence-corrected chi connectivity index (χ3v) is 2.47. The monoisotopic (exact) mass is 208 g/mol. The van der Waals surface area contributed by atoms with Gasteiger partial charge < -0.3 is 15.1 Å². The van der Waals surface area contributed by atoms with Crippen LogP contribution in [0, 0.1) is 11.3 Å². The molecule has 82 valence electrons. The van der Waals surface area contributed by atoms with E-state index in [1.54, 1.807) is 13.0 Å². The summed E-state index contributed by atoms with van der Waals surface area (Å²) >= 11 is 0. The van der Waals surface area contributed by atoms with Crippen LogP contribution in [0.2, 0.25) is 0 Å². The molecule has 0 saturated carbocycles. The SMILES string of the molecule is CCCCN1C(O)=C(C#N)C(C)=CC1O. The molecule has 0 bridgehead atoms. The van der Waals surface area contributed by atoms with Crippen LogP contribution in [0.15, 0.2) is 23.1 Å². The molecule has 1 heterocycles. The van der Waals surface area contributed by atoms with Crippen molar-refractivity contribution in [3.8, 4) is 6.07 Å². The lowest BCUT2D eigenvalue weighted by molar-refractivity contribution is 0.0256. The van der Waals surface area contributed by atoms with Crippen LogP contribution in [0.25, 0.3) is 0 Å². The molecule has 1 rings (SSSR count). The van der Waals surface area contributed by atoms with Crippen LogP contribution >= 0.6 is 0 Å². The van der Waals surface area contributed by atoms with Gasteiger partial charge in [0, 0.05) is 6.54 Å². The lowest BCUT2D eigenvalue weighted by Gasteiger charge is -2.31. The van der Waals surface area contributed by atoms with Gasteiger partial charge in [0.25, 0.3) is 0 Å². The Morgan fingerprint density at radius 2 is 2.27 bits per heavy atom. The molecule has 4 nitrogen and oxygen atoms in total. The standard InChI is InChI=1S/C11H16N2O2/c1-3-4-5-13-10(14)6-8(2)9(7-12)11(13)15/h6,10,14-15H,3-5H2,1-2H3. The first-order chi connectivity index (χ1) is 7.11. The summed E-state index contributed by atoms with van der Waals surface area (Å²) in [4.78, 5) is 1.44. The molecule has 2 N–H and O–H groups in total. The van der Waals surface area contributed by atoms with Gasteiger partial charge in [-0.1, -0.05) is 13.3 Å². The zero-order chi connectivity index (χ0) is 11.4. The molecule has 1 unspecified atom stereocenters. The molecule has 1 aliphatic rings. The van der Waals surface area contributed by atoms with Crippen LogP contribution in [0.5, 0.6) is 0 Å². The minimum absolute atomic E-state index is 0.113. The van der Waals surface area contributed by atoms with Crippen LogP contribution in [-0.4, -0.2) is 27.9 Å². The first-order valence-electron chi connectivity index (χ1n) is 5.08. The van der Waals surface area contributed by atoms with Crippen molar-refractivity contribution < 1.29 is 10.2 Å². The number of unbranched alkanes of at least 4 members (excludes halogenated alkanes) is 1. The number of aliphatic hydroxyl groups excluding tert-OH is 2. The van der Waals surface area contributed by atoms with Crippen molar-refractivity contribution in [2.45, 2.75) is 32.9 Å². The summed E-state index contributed by atoms with van der Waals surface area (Å²) in [5.74, 6) is -0.113. The minimum atomic E-state index is -0.825. The van der Waals surface area contributed by atoms with E-state index in [1.165, 1.54) is 4.90 Å². The van der Waals surface area contributed by atoms with Crippen molar-refractivity contribution in [3.63, 3.8) is 0 Å². The quantitative estimate of drug-likeness (QED) is 0.740. The van der Waals surface area contributed by atoms with Crippen LogP contribution in [0.1, 0.15) is 26.7 Å². The molecule has 0 saturated heterocycles. The summed E-state index contributed by atoms with van der Waals surface area (Å²) in [5, 5.41) is 28.3. The molecule has 0 aromatic heterocycles. The Bertz CT molecular complexity index is 339. The maximum Gasteiger partial charge on any atom is 0.207 e. The van der Waals surface area contributed by atoms with E-state index in [2.05, 4.69) is 0 Å². The molecule has 0 aromatic carbocycles. The number of rotatable bonds is 3. The van der Waals surface area contributed by atoms with E-state index in [0.717, 1.165) is 12.8 Å². The summed E-state index contributed by atoms with van der Waals surface area (Å²) < 4.78 is 0. The highest BCUT2D eigenvalue weighted by Crippen LogP contribution is 2.24. The van der Waals surface area contributed by atoms with Crippen molar-refractivity contribution in [2.75, 3.05) is 6.54 Å². The maximum atomic E-state index is 9.78. The Morgan fingerprint density at radius 3 is 2.80 bits per heavy atom. The van der Waals surface area contributed by atoms with Gasteiger partial charge in [0.2, 0.25) is 5.88 Å². The molecule has 0 amide bonds.